The molecule has 0 bridgehead atoms. The largest absolute Gasteiger partial charge is 0.493 e. The molecule has 0 aliphatic carbocycles. The second kappa shape index (κ2) is 11.2. The maximum Gasteiger partial charge on any atom is 0.280 e. The molecule has 1 aliphatic heterocycles. The lowest BCUT2D eigenvalue weighted by molar-refractivity contribution is 0.265. The Morgan fingerprint density at radius 1 is 0.975 bits per heavy atom. The van der Waals surface area contributed by atoms with E-state index in [1.807, 2.05) is 36.4 Å². The van der Waals surface area contributed by atoms with Crippen LogP contribution >= 0.6 is 12.4 Å². The molecule has 0 radical (unpaired) electrons. The van der Waals surface area contributed by atoms with E-state index in [2.05, 4.69) is 15.0 Å². The molecule has 0 unspecified atom stereocenters. The summed E-state index contributed by atoms with van der Waals surface area (Å²) in [5, 5.41) is 15.9. The fourth-order valence-corrected chi connectivity index (χ4v) is 4.86. The number of methoxy groups -OCH3 is 2. The molecule has 11 heteroatoms. The van der Waals surface area contributed by atoms with E-state index in [9.17, 15) is 9.90 Å². The third kappa shape index (κ3) is 4.67. The Bertz CT molecular complexity index is 1790. The highest BCUT2D eigenvalue weighted by Gasteiger charge is 2.25. The molecular formula is C29H25ClN6O4. The van der Waals surface area contributed by atoms with Gasteiger partial charge in [-0.25, -0.2) is 15.0 Å². The zero-order valence-electron chi connectivity index (χ0n) is 21.7. The zero-order chi connectivity index (χ0) is 26.9. The number of nitrogens with zero attached hydrogens (tertiary/aromatic N) is 6. The number of fused-ring (bicyclic) bond motifs is 2. The molecular weight excluding hydrogens is 532 g/mol. The molecule has 4 heterocycles. The van der Waals surface area contributed by atoms with Crippen LogP contribution in [-0.2, 0) is 6.42 Å². The average Bonchev–Trinajstić information content (AvgIpc) is 3.00. The van der Waals surface area contributed by atoms with Crippen molar-refractivity contribution in [3.05, 3.63) is 100 Å². The van der Waals surface area contributed by atoms with Gasteiger partial charge in [0, 0.05) is 40.7 Å². The second-order valence-corrected chi connectivity index (χ2v) is 9.02. The van der Waals surface area contributed by atoms with Gasteiger partial charge in [0.25, 0.3) is 5.56 Å². The van der Waals surface area contributed by atoms with Gasteiger partial charge in [0.2, 0.25) is 0 Å². The third-order valence-electron chi connectivity index (χ3n) is 6.72. The van der Waals surface area contributed by atoms with Crippen LogP contribution in [0.15, 0.2) is 83.2 Å². The van der Waals surface area contributed by atoms with Crippen molar-refractivity contribution in [3.63, 3.8) is 0 Å². The Balaban J connectivity index is 0.00000323. The second-order valence-electron chi connectivity index (χ2n) is 9.02. The van der Waals surface area contributed by atoms with Gasteiger partial charge in [-0.3, -0.25) is 9.79 Å². The van der Waals surface area contributed by atoms with Gasteiger partial charge in [-0.2, -0.15) is 9.78 Å². The average molecular weight is 557 g/mol. The standard InChI is InChI=1S/C29H24N6O4.ClH/c1-38-24-10-18-9-20(15-36)33-27(23(18)12-25(24)39-2)17-7-8-32-26(11-17)35-29(37)22-6-4-3-5-21(22)28(34-35)19-13-30-16-31-14-19;/h3-8,10-14,16,20,36H,9,15H2,1-2H3;1H/t20-;/m0./s1. The van der Waals surface area contributed by atoms with E-state index < -0.39 is 0 Å². The minimum absolute atomic E-state index is 0. The van der Waals surface area contributed by atoms with Crippen LogP contribution in [0.1, 0.15) is 16.7 Å². The number of aliphatic hydroxyl groups excluding tert-OH is 1. The van der Waals surface area contributed by atoms with Gasteiger partial charge in [-0.15, -0.1) is 12.4 Å². The van der Waals surface area contributed by atoms with Gasteiger partial charge >= 0.3 is 0 Å². The highest BCUT2D eigenvalue weighted by molar-refractivity contribution is 6.15. The van der Waals surface area contributed by atoms with Crippen molar-refractivity contribution in [2.45, 2.75) is 12.5 Å². The predicted molar refractivity (Wildman–Crippen MR) is 153 cm³/mol. The van der Waals surface area contributed by atoms with E-state index in [-0.39, 0.29) is 30.6 Å². The Kier molecular flexibility index (Phi) is 7.54. The number of ether oxygens (including phenoxy) is 2. The van der Waals surface area contributed by atoms with Crippen LogP contribution < -0.4 is 15.0 Å². The van der Waals surface area contributed by atoms with Crippen LogP contribution in [0.3, 0.4) is 0 Å². The summed E-state index contributed by atoms with van der Waals surface area (Å²) >= 11 is 0. The van der Waals surface area contributed by atoms with Crippen molar-refractivity contribution in [2.24, 2.45) is 4.99 Å². The molecule has 1 N–H and O–H groups in total. The summed E-state index contributed by atoms with van der Waals surface area (Å²) in [6.45, 7) is -0.108. The molecule has 0 spiro atoms. The first-order valence-corrected chi connectivity index (χ1v) is 12.3. The number of rotatable bonds is 6. The summed E-state index contributed by atoms with van der Waals surface area (Å²) in [5.74, 6) is 1.51. The quantitative estimate of drug-likeness (QED) is 0.337. The lowest BCUT2D eigenvalue weighted by Gasteiger charge is -2.24. The first kappa shape index (κ1) is 26.9. The molecule has 0 saturated carbocycles. The summed E-state index contributed by atoms with van der Waals surface area (Å²) in [7, 11) is 3.17. The van der Waals surface area contributed by atoms with Crippen LogP contribution in [0.4, 0.5) is 0 Å². The number of aromatic nitrogens is 5. The van der Waals surface area contributed by atoms with Gasteiger partial charge in [0.05, 0.1) is 38.0 Å². The number of aliphatic hydroxyl groups is 1. The number of aliphatic imine (C=N–C) groups is 1. The van der Waals surface area contributed by atoms with Crippen molar-refractivity contribution in [3.8, 4) is 28.6 Å². The molecule has 2 aromatic carbocycles. The normalized spacial score (nSPS) is 14.2. The lowest BCUT2D eigenvalue weighted by Crippen LogP contribution is -2.26. The smallest absolute Gasteiger partial charge is 0.280 e. The molecule has 3 aromatic heterocycles. The third-order valence-corrected chi connectivity index (χ3v) is 6.72. The molecule has 10 nitrogen and oxygen atoms in total. The fourth-order valence-electron chi connectivity index (χ4n) is 4.86. The van der Waals surface area contributed by atoms with E-state index in [0.717, 1.165) is 16.7 Å². The number of hydrogen-bond acceptors (Lipinski definition) is 9. The Morgan fingerprint density at radius 2 is 1.70 bits per heavy atom. The summed E-state index contributed by atoms with van der Waals surface area (Å²) in [4.78, 5) is 31.1. The van der Waals surface area contributed by atoms with E-state index in [1.165, 1.54) is 11.0 Å². The van der Waals surface area contributed by atoms with Gasteiger partial charge in [0.1, 0.15) is 12.0 Å². The zero-order valence-corrected chi connectivity index (χ0v) is 22.5. The first-order valence-electron chi connectivity index (χ1n) is 12.3. The van der Waals surface area contributed by atoms with Crippen LogP contribution in [0, 0.1) is 0 Å². The van der Waals surface area contributed by atoms with Crippen LogP contribution in [0.5, 0.6) is 11.5 Å². The number of pyridine rings is 1. The minimum Gasteiger partial charge on any atom is -0.493 e. The Morgan fingerprint density at radius 3 is 2.42 bits per heavy atom. The summed E-state index contributed by atoms with van der Waals surface area (Å²) < 4.78 is 12.3. The van der Waals surface area contributed by atoms with Crippen LogP contribution in [0.2, 0.25) is 0 Å². The molecule has 1 atom stereocenters. The van der Waals surface area contributed by atoms with Gasteiger partial charge in [-0.1, -0.05) is 18.2 Å². The van der Waals surface area contributed by atoms with Crippen molar-refractivity contribution in [1.29, 1.82) is 0 Å². The maximum absolute atomic E-state index is 13.6. The molecule has 5 aromatic rings. The van der Waals surface area contributed by atoms with E-state index in [1.54, 1.807) is 44.9 Å². The van der Waals surface area contributed by atoms with E-state index in [4.69, 9.17) is 19.6 Å². The first-order chi connectivity index (χ1) is 19.1. The molecule has 0 amide bonds. The minimum atomic E-state index is -0.326. The summed E-state index contributed by atoms with van der Waals surface area (Å²) in [6, 6.07) is 14.4. The Hall–Kier alpha value is -4.67. The number of hydrogen-bond donors (Lipinski definition) is 1. The monoisotopic (exact) mass is 556 g/mol. The van der Waals surface area contributed by atoms with Crippen molar-refractivity contribution in [1.82, 2.24) is 24.7 Å². The highest BCUT2D eigenvalue weighted by atomic mass is 35.5. The summed E-state index contributed by atoms with van der Waals surface area (Å²) in [6.07, 6.45) is 6.93. The van der Waals surface area contributed by atoms with E-state index >= 15 is 0 Å². The molecule has 0 saturated heterocycles. The summed E-state index contributed by atoms with van der Waals surface area (Å²) in [5.41, 5.74) is 4.15. The number of benzene rings is 2. The number of halogens is 1. The Labute approximate surface area is 235 Å². The predicted octanol–water partition coefficient (Wildman–Crippen LogP) is 3.43. The van der Waals surface area contributed by atoms with Crippen molar-refractivity contribution >= 4 is 28.9 Å². The maximum atomic E-state index is 13.6. The van der Waals surface area contributed by atoms with Crippen LogP contribution in [0.25, 0.3) is 27.8 Å². The highest BCUT2D eigenvalue weighted by Crippen LogP contribution is 2.35. The van der Waals surface area contributed by atoms with Gasteiger partial charge in [0.15, 0.2) is 17.3 Å². The molecule has 0 fully saturated rings. The lowest BCUT2D eigenvalue weighted by atomic mass is 9.90. The molecule has 202 valence electrons. The van der Waals surface area contributed by atoms with E-state index in [0.29, 0.717) is 51.5 Å². The molecule has 1 aliphatic rings. The SMILES string of the molecule is COc1cc2c(cc1OC)C(c1ccnc(-n3nc(-c4cncnc4)c4ccccc4c3=O)c1)=N[C@H](CO)C2.Cl. The molecule has 40 heavy (non-hydrogen) atoms. The van der Waals surface area contributed by atoms with Gasteiger partial charge < -0.3 is 14.6 Å². The fraction of sp³-hybridized carbons (Fsp3) is 0.172. The van der Waals surface area contributed by atoms with Gasteiger partial charge in [-0.05, 0) is 42.3 Å². The van der Waals surface area contributed by atoms with Crippen LogP contribution in [-0.4, -0.2) is 62.4 Å². The topological polar surface area (TPSA) is 125 Å². The molecule has 6 rings (SSSR count). The van der Waals surface area contributed by atoms with Crippen molar-refractivity contribution in [2.75, 3.05) is 20.8 Å². The van der Waals surface area contributed by atoms with Crippen molar-refractivity contribution < 1.29 is 14.6 Å².